The maximum absolute atomic E-state index is 13.7. The third-order valence-corrected chi connectivity index (χ3v) is 5.35. The zero-order valence-electron chi connectivity index (χ0n) is 17.1. The molecule has 1 heterocycles. The predicted molar refractivity (Wildman–Crippen MR) is 106 cm³/mol. The van der Waals surface area contributed by atoms with Gasteiger partial charge >= 0.3 is 12.1 Å². The Labute approximate surface area is 172 Å². The van der Waals surface area contributed by atoms with Crippen LogP contribution in [0.15, 0.2) is 27.2 Å². The molecule has 0 aromatic heterocycles. The minimum absolute atomic E-state index is 0.226. The number of carbonyl (C=O) groups is 1. The number of ether oxygens (including phenoxy) is 1. The lowest BCUT2D eigenvalue weighted by Crippen LogP contribution is -2.39. The van der Waals surface area contributed by atoms with Gasteiger partial charge in [0.05, 0.1) is 18.0 Å². The highest BCUT2D eigenvalue weighted by atomic mass is 28.3. The summed E-state index contributed by atoms with van der Waals surface area (Å²) in [6.45, 7) is 7.68. The van der Waals surface area contributed by atoms with Crippen molar-refractivity contribution in [1.29, 1.82) is 0 Å². The number of rotatable bonds is 11. The van der Waals surface area contributed by atoms with Gasteiger partial charge in [-0.05, 0) is 13.0 Å². The zero-order chi connectivity index (χ0) is 22.9. The van der Waals surface area contributed by atoms with Crippen LogP contribution in [0.2, 0.25) is 25.7 Å². The van der Waals surface area contributed by atoms with Crippen molar-refractivity contribution >= 4 is 32.4 Å². The number of carboxylic acid groups (broad SMARTS) is 1. The maximum atomic E-state index is 13.7. The van der Waals surface area contributed by atoms with E-state index in [4.69, 9.17) is 14.7 Å². The number of aliphatic carboxylic acids is 1. The van der Waals surface area contributed by atoms with Crippen molar-refractivity contribution in [3.8, 4) is 0 Å². The van der Waals surface area contributed by atoms with Crippen LogP contribution in [0.4, 0.5) is 13.2 Å². The third kappa shape index (κ3) is 8.80. The van der Waals surface area contributed by atoms with Gasteiger partial charge in [-0.1, -0.05) is 24.8 Å². The second-order valence-electron chi connectivity index (χ2n) is 7.64. The fourth-order valence-corrected chi connectivity index (χ4v) is 2.93. The number of carboxylic acids is 1. The van der Waals surface area contributed by atoms with E-state index in [1.165, 1.54) is 12.9 Å². The number of alkyl halides is 3. The Kier molecular flexibility index (Phi) is 9.27. The first-order valence-corrected chi connectivity index (χ1v) is 12.7. The van der Waals surface area contributed by atoms with E-state index in [0.717, 1.165) is 17.3 Å². The van der Waals surface area contributed by atoms with Gasteiger partial charge in [-0.15, -0.1) is 0 Å². The highest BCUT2D eigenvalue weighted by Crippen LogP contribution is 2.35. The third-order valence-electron chi connectivity index (χ3n) is 3.64. The van der Waals surface area contributed by atoms with Gasteiger partial charge in [0.25, 0.3) is 0 Å². The van der Waals surface area contributed by atoms with E-state index in [-0.39, 0.29) is 13.3 Å². The quantitative estimate of drug-likeness (QED) is 0.163. The molecule has 0 bridgehead atoms. The van der Waals surface area contributed by atoms with Crippen LogP contribution in [0.3, 0.4) is 0 Å². The van der Waals surface area contributed by atoms with Gasteiger partial charge in [0.1, 0.15) is 18.9 Å². The van der Waals surface area contributed by atoms with E-state index in [1.807, 2.05) is 0 Å². The second kappa shape index (κ2) is 10.9. The van der Waals surface area contributed by atoms with Gasteiger partial charge in [-0.2, -0.15) is 18.3 Å². The van der Waals surface area contributed by atoms with Crippen molar-refractivity contribution < 1.29 is 37.4 Å². The van der Waals surface area contributed by atoms with Crippen LogP contribution in [0.1, 0.15) is 6.92 Å². The minimum Gasteiger partial charge on any atom is -0.477 e. The molecule has 1 rings (SSSR count). The van der Waals surface area contributed by atoms with Crippen LogP contribution in [0.25, 0.3) is 0 Å². The number of hydrogen-bond donors (Lipinski definition) is 2. The summed E-state index contributed by atoms with van der Waals surface area (Å²) >= 11 is 0. The maximum Gasteiger partial charge on any atom is 0.421 e. The lowest BCUT2D eigenvalue weighted by atomic mass is 10.1. The SMILES string of the molecule is C[C@@H](CO/N=C/C(=O)O)NC1=C(C(F)(F)F)C(=C=O)N(COCC[Si](C)(C)C)N=C1. The standard InChI is InChI=1S/C17H25F3N4O5Si/c1-12(10-29-22-8-15(26)27)23-13-7-21-24(11-28-5-6-30(2,3)4)14(9-25)16(13)17(18,19)20/h7-8,12,23H,5-6,10-11H2,1-4H3,(H,26,27)/b22-8+/t12-/m0/s1. The Balaban J connectivity index is 2.89. The molecule has 0 radical (unpaired) electrons. The molecule has 2 N–H and O–H groups in total. The molecule has 1 aliphatic rings. The number of allylic oxidation sites excluding steroid dienone is 2. The molecule has 0 saturated carbocycles. The molecule has 0 amide bonds. The molecule has 30 heavy (non-hydrogen) atoms. The largest absolute Gasteiger partial charge is 0.477 e. The number of nitrogens with one attached hydrogen (secondary N) is 1. The number of carbonyl (C=O) groups excluding carboxylic acids is 1. The summed E-state index contributed by atoms with van der Waals surface area (Å²) in [4.78, 5) is 26.4. The highest BCUT2D eigenvalue weighted by Gasteiger charge is 2.43. The summed E-state index contributed by atoms with van der Waals surface area (Å²) < 4.78 is 46.3. The molecular weight excluding hydrogens is 425 g/mol. The normalized spacial score (nSPS) is 16.1. The van der Waals surface area contributed by atoms with Crippen molar-refractivity contribution in [2.75, 3.05) is 19.9 Å². The van der Waals surface area contributed by atoms with Gasteiger partial charge < -0.3 is 20.0 Å². The minimum atomic E-state index is -4.86. The zero-order valence-corrected chi connectivity index (χ0v) is 18.1. The van der Waals surface area contributed by atoms with Gasteiger partial charge in [-0.3, -0.25) is 0 Å². The average Bonchev–Trinajstić information content (AvgIpc) is 2.60. The number of hydrogen-bond acceptors (Lipinski definition) is 8. The predicted octanol–water partition coefficient (Wildman–Crippen LogP) is 2.20. The Bertz CT molecular complexity index is 755. The highest BCUT2D eigenvalue weighted by molar-refractivity contribution is 6.76. The molecule has 13 heteroatoms. The Morgan fingerprint density at radius 1 is 1.47 bits per heavy atom. The molecule has 0 aromatic rings. The Morgan fingerprint density at radius 2 is 2.13 bits per heavy atom. The summed E-state index contributed by atoms with van der Waals surface area (Å²) in [7, 11) is -1.38. The molecule has 1 aliphatic heterocycles. The van der Waals surface area contributed by atoms with E-state index in [0.29, 0.717) is 12.8 Å². The number of hydrazone groups is 1. The topological polar surface area (TPSA) is 113 Å². The monoisotopic (exact) mass is 450 g/mol. The summed E-state index contributed by atoms with van der Waals surface area (Å²) in [5, 5.41) is 18.8. The average molecular weight is 450 g/mol. The smallest absolute Gasteiger partial charge is 0.421 e. The molecule has 0 fully saturated rings. The first kappa shape index (κ1) is 25.4. The second-order valence-corrected chi connectivity index (χ2v) is 13.3. The van der Waals surface area contributed by atoms with E-state index < -0.39 is 43.2 Å². The number of oxime groups is 1. The molecule has 0 aromatic carbocycles. The van der Waals surface area contributed by atoms with Crippen LogP contribution < -0.4 is 5.32 Å². The van der Waals surface area contributed by atoms with Crippen molar-refractivity contribution in [3.05, 3.63) is 17.0 Å². The molecule has 0 aliphatic carbocycles. The van der Waals surface area contributed by atoms with Crippen LogP contribution in [0, 0.1) is 0 Å². The number of nitrogens with zero attached hydrogens (tertiary/aromatic N) is 3. The molecule has 0 unspecified atom stereocenters. The van der Waals surface area contributed by atoms with Crippen LogP contribution in [-0.2, 0) is 19.2 Å². The van der Waals surface area contributed by atoms with Crippen LogP contribution in [0.5, 0.6) is 0 Å². The van der Waals surface area contributed by atoms with E-state index in [9.17, 15) is 22.8 Å². The molecular formula is C17H25F3N4O5Si. The van der Waals surface area contributed by atoms with Crippen molar-refractivity contribution in [2.45, 2.75) is 44.8 Å². The van der Waals surface area contributed by atoms with Gasteiger partial charge in [-0.25, -0.2) is 14.6 Å². The Hall–Kier alpha value is -2.63. The molecule has 168 valence electrons. The molecule has 0 spiro atoms. The van der Waals surface area contributed by atoms with Gasteiger partial charge in [0, 0.05) is 14.7 Å². The summed E-state index contributed by atoms with van der Waals surface area (Å²) in [5.74, 6) is -0.0233. The lowest BCUT2D eigenvalue weighted by Gasteiger charge is -2.29. The Morgan fingerprint density at radius 3 is 2.67 bits per heavy atom. The van der Waals surface area contributed by atoms with Crippen molar-refractivity contribution in [1.82, 2.24) is 10.3 Å². The fraction of sp³-hybridized carbons (Fsp3) is 0.588. The van der Waals surface area contributed by atoms with E-state index >= 15 is 0 Å². The molecule has 9 nitrogen and oxygen atoms in total. The summed E-state index contributed by atoms with van der Waals surface area (Å²) in [6.07, 6.45) is -3.43. The molecule has 1 atom stereocenters. The lowest BCUT2D eigenvalue weighted by molar-refractivity contribution is -0.129. The summed E-state index contributed by atoms with van der Waals surface area (Å²) in [6, 6.07) is 0.101. The van der Waals surface area contributed by atoms with E-state index in [1.54, 1.807) is 0 Å². The van der Waals surface area contributed by atoms with Crippen LogP contribution >= 0.6 is 0 Å². The van der Waals surface area contributed by atoms with Crippen LogP contribution in [-0.4, -0.2) is 74.7 Å². The molecule has 0 saturated heterocycles. The first-order chi connectivity index (χ1) is 13.8. The first-order valence-electron chi connectivity index (χ1n) is 8.96. The van der Waals surface area contributed by atoms with Crippen molar-refractivity contribution in [2.24, 2.45) is 10.3 Å². The number of halogens is 3. The van der Waals surface area contributed by atoms with Gasteiger partial charge in [0.15, 0.2) is 17.9 Å². The summed E-state index contributed by atoms with van der Waals surface area (Å²) in [5.41, 5.74) is -2.47. The fourth-order valence-electron chi connectivity index (χ4n) is 2.18. The van der Waals surface area contributed by atoms with E-state index in [2.05, 4.69) is 35.2 Å². The van der Waals surface area contributed by atoms with Gasteiger partial charge in [0.2, 0.25) is 0 Å². The van der Waals surface area contributed by atoms with Crippen molar-refractivity contribution in [3.63, 3.8) is 0 Å².